The van der Waals surface area contributed by atoms with Crippen molar-refractivity contribution in [1.82, 2.24) is 14.7 Å². The molecule has 3 atom stereocenters. The molecule has 172 valence electrons. The molecule has 1 aromatic heterocycles. The summed E-state index contributed by atoms with van der Waals surface area (Å²) in [6.45, 7) is 2.60. The molecule has 1 saturated heterocycles. The number of aromatic nitrogens is 2. The number of nitrogens with one attached hydrogen (secondary N) is 1. The van der Waals surface area contributed by atoms with E-state index in [4.69, 9.17) is 4.74 Å². The lowest BCUT2D eigenvalue weighted by Gasteiger charge is -2.43. The van der Waals surface area contributed by atoms with Gasteiger partial charge in [-0.15, -0.1) is 0 Å². The highest BCUT2D eigenvalue weighted by Crippen LogP contribution is 2.45. The van der Waals surface area contributed by atoms with E-state index in [1.54, 1.807) is 24.0 Å². The van der Waals surface area contributed by atoms with E-state index in [-0.39, 0.29) is 43.7 Å². The Morgan fingerprint density at radius 1 is 1.31 bits per heavy atom. The number of hydrogen-bond donors (Lipinski definition) is 2. The van der Waals surface area contributed by atoms with Crippen LogP contribution in [0.25, 0.3) is 11.3 Å². The number of rotatable bonds is 4. The normalized spacial score (nSPS) is 26.4. The standard InChI is InChI=1S/C21H24F2N4O4S/c1-11-17(28)8-27(11)20-24-18(15-5-6-21(22,23)19(15)25-20)12-3-4-14-13(7-12)9-31-10-16(14)26-32(2,29)30/h3-4,7,11,16-17,26,28H,5-6,8-10H2,1-2H3/t11-,16+,17+/m0/s1. The molecule has 2 aromatic rings. The number of aliphatic hydroxyl groups is 1. The van der Waals surface area contributed by atoms with Crippen molar-refractivity contribution < 1.29 is 27.0 Å². The molecule has 8 nitrogen and oxygen atoms in total. The van der Waals surface area contributed by atoms with Crippen molar-refractivity contribution in [2.24, 2.45) is 0 Å². The lowest BCUT2D eigenvalue weighted by atomic mass is 9.95. The summed E-state index contributed by atoms with van der Waals surface area (Å²) in [5.74, 6) is -2.85. The number of alkyl halides is 2. The second-order valence-electron chi connectivity index (χ2n) is 8.74. The second-order valence-corrected chi connectivity index (χ2v) is 10.5. The zero-order valence-electron chi connectivity index (χ0n) is 17.7. The molecule has 1 aliphatic carbocycles. The van der Waals surface area contributed by atoms with Crippen LogP contribution in [0, 0.1) is 0 Å². The predicted molar refractivity (Wildman–Crippen MR) is 113 cm³/mol. The number of ether oxygens (including phenoxy) is 1. The van der Waals surface area contributed by atoms with E-state index < -0.39 is 28.1 Å². The number of hydrogen-bond acceptors (Lipinski definition) is 7. The molecule has 0 spiro atoms. The maximum absolute atomic E-state index is 14.6. The fourth-order valence-corrected chi connectivity index (χ4v) is 5.30. The molecular weight excluding hydrogens is 442 g/mol. The molecule has 3 heterocycles. The SMILES string of the molecule is C[C@H]1[C@H](O)CN1c1nc(-c2ccc3c(c2)COC[C@H]3NS(C)(=O)=O)c2c(n1)C(F)(F)CC2. The van der Waals surface area contributed by atoms with Crippen LogP contribution in [0.4, 0.5) is 14.7 Å². The van der Waals surface area contributed by atoms with Crippen LogP contribution in [0.2, 0.25) is 0 Å². The number of fused-ring (bicyclic) bond motifs is 2. The van der Waals surface area contributed by atoms with Crippen molar-refractivity contribution >= 4 is 16.0 Å². The van der Waals surface area contributed by atoms with Gasteiger partial charge in [0.1, 0.15) is 5.69 Å². The average Bonchev–Trinajstić information content (AvgIpc) is 3.04. The zero-order valence-corrected chi connectivity index (χ0v) is 18.5. The van der Waals surface area contributed by atoms with Crippen LogP contribution in [0.15, 0.2) is 18.2 Å². The smallest absolute Gasteiger partial charge is 0.290 e. The van der Waals surface area contributed by atoms with Crippen LogP contribution >= 0.6 is 0 Å². The summed E-state index contributed by atoms with van der Waals surface area (Å²) in [7, 11) is -3.43. The molecule has 0 saturated carbocycles. The molecule has 2 N–H and O–H groups in total. The Balaban J connectivity index is 1.59. The van der Waals surface area contributed by atoms with Crippen LogP contribution in [0.5, 0.6) is 0 Å². The summed E-state index contributed by atoms with van der Waals surface area (Å²) in [4.78, 5) is 10.5. The van der Waals surface area contributed by atoms with Gasteiger partial charge < -0.3 is 14.7 Å². The number of sulfonamides is 1. The van der Waals surface area contributed by atoms with Crippen molar-refractivity contribution in [1.29, 1.82) is 0 Å². The lowest BCUT2D eigenvalue weighted by Crippen LogP contribution is -2.59. The summed E-state index contributed by atoms with van der Waals surface area (Å²) >= 11 is 0. The van der Waals surface area contributed by atoms with Crippen molar-refractivity contribution in [3.8, 4) is 11.3 Å². The first kappa shape index (κ1) is 21.6. The number of β-amino-alcohol motifs (C(OH)–C–C–N with tert-alkyl or cyclic N) is 1. The summed E-state index contributed by atoms with van der Waals surface area (Å²) in [5.41, 5.74) is 2.84. The monoisotopic (exact) mass is 466 g/mol. The van der Waals surface area contributed by atoms with Crippen molar-refractivity contribution in [2.45, 2.75) is 50.5 Å². The maximum atomic E-state index is 14.6. The third-order valence-corrected chi connectivity index (χ3v) is 7.12. The molecule has 3 aliphatic rings. The predicted octanol–water partition coefficient (Wildman–Crippen LogP) is 1.87. The summed E-state index contributed by atoms with van der Waals surface area (Å²) < 4.78 is 60.7. The van der Waals surface area contributed by atoms with Gasteiger partial charge in [0.2, 0.25) is 16.0 Å². The first-order valence-corrected chi connectivity index (χ1v) is 12.3. The van der Waals surface area contributed by atoms with Gasteiger partial charge in [0.15, 0.2) is 0 Å². The van der Waals surface area contributed by atoms with Gasteiger partial charge in [-0.3, -0.25) is 0 Å². The zero-order chi connectivity index (χ0) is 22.8. The van der Waals surface area contributed by atoms with E-state index in [0.29, 0.717) is 23.4 Å². The molecular formula is C21H24F2N4O4S. The molecule has 32 heavy (non-hydrogen) atoms. The van der Waals surface area contributed by atoms with E-state index in [0.717, 1.165) is 17.4 Å². The third kappa shape index (κ3) is 3.66. The minimum absolute atomic E-state index is 0.169. The minimum atomic E-state index is -3.43. The van der Waals surface area contributed by atoms with Gasteiger partial charge >= 0.3 is 0 Å². The van der Waals surface area contributed by atoms with Gasteiger partial charge in [0.05, 0.1) is 43.4 Å². The Kier molecular flexibility index (Phi) is 5.01. The Hall–Kier alpha value is -2.21. The average molecular weight is 467 g/mol. The highest BCUT2D eigenvalue weighted by atomic mass is 32.2. The van der Waals surface area contributed by atoms with Gasteiger partial charge in [0.25, 0.3) is 5.92 Å². The molecule has 2 aliphatic heterocycles. The first-order chi connectivity index (χ1) is 15.0. The fraction of sp³-hybridized carbons (Fsp3) is 0.524. The maximum Gasteiger partial charge on any atom is 0.290 e. The summed E-state index contributed by atoms with van der Waals surface area (Å²) in [6, 6.07) is 4.63. The fourth-order valence-electron chi connectivity index (χ4n) is 4.58. The van der Waals surface area contributed by atoms with Crippen LogP contribution in [-0.2, 0) is 33.7 Å². The largest absolute Gasteiger partial charge is 0.389 e. The first-order valence-electron chi connectivity index (χ1n) is 10.5. The lowest BCUT2D eigenvalue weighted by molar-refractivity contribution is -0.00603. The highest BCUT2D eigenvalue weighted by molar-refractivity contribution is 7.88. The van der Waals surface area contributed by atoms with Gasteiger partial charge in [0, 0.05) is 24.1 Å². The quantitative estimate of drug-likeness (QED) is 0.709. The van der Waals surface area contributed by atoms with E-state index in [2.05, 4.69) is 14.7 Å². The van der Waals surface area contributed by atoms with Gasteiger partial charge in [-0.1, -0.05) is 12.1 Å². The van der Waals surface area contributed by atoms with Crippen molar-refractivity contribution in [3.05, 3.63) is 40.6 Å². The van der Waals surface area contributed by atoms with Crippen LogP contribution in [-0.4, -0.2) is 55.0 Å². The number of halogens is 2. The third-order valence-electron chi connectivity index (χ3n) is 6.41. The van der Waals surface area contributed by atoms with Gasteiger partial charge in [-0.2, -0.15) is 8.78 Å². The van der Waals surface area contributed by atoms with Crippen LogP contribution < -0.4 is 9.62 Å². The van der Waals surface area contributed by atoms with E-state index in [1.807, 2.05) is 6.07 Å². The van der Waals surface area contributed by atoms with Crippen LogP contribution in [0.3, 0.4) is 0 Å². The number of anilines is 1. The molecule has 1 aromatic carbocycles. The van der Waals surface area contributed by atoms with Crippen LogP contribution in [0.1, 0.15) is 41.8 Å². The summed E-state index contributed by atoms with van der Waals surface area (Å²) in [5, 5.41) is 9.86. The second kappa shape index (κ2) is 7.41. The Morgan fingerprint density at radius 2 is 2.09 bits per heavy atom. The van der Waals surface area contributed by atoms with E-state index >= 15 is 0 Å². The number of benzene rings is 1. The molecule has 1 fully saturated rings. The number of aliphatic hydroxyl groups excluding tert-OH is 1. The minimum Gasteiger partial charge on any atom is -0.389 e. The molecule has 0 radical (unpaired) electrons. The Bertz CT molecular complexity index is 1190. The van der Waals surface area contributed by atoms with Crippen molar-refractivity contribution in [3.63, 3.8) is 0 Å². The topological polar surface area (TPSA) is 105 Å². The molecule has 11 heteroatoms. The Labute approximate surface area is 184 Å². The van der Waals surface area contributed by atoms with Crippen molar-refractivity contribution in [2.75, 3.05) is 24.3 Å². The van der Waals surface area contributed by atoms with Gasteiger partial charge in [-0.05, 0) is 30.5 Å². The molecule has 0 amide bonds. The number of nitrogens with zero attached hydrogens (tertiary/aromatic N) is 3. The van der Waals surface area contributed by atoms with E-state index in [9.17, 15) is 22.3 Å². The van der Waals surface area contributed by atoms with Gasteiger partial charge in [-0.25, -0.2) is 23.1 Å². The molecule has 5 rings (SSSR count). The Morgan fingerprint density at radius 3 is 2.78 bits per heavy atom. The molecule has 0 bridgehead atoms. The summed E-state index contributed by atoms with van der Waals surface area (Å²) in [6.07, 6.45) is 0.396. The van der Waals surface area contributed by atoms with E-state index in [1.165, 1.54) is 0 Å². The molecule has 0 unspecified atom stereocenters. The highest BCUT2D eigenvalue weighted by Gasteiger charge is 2.45.